The minimum Gasteiger partial charge on any atom is -0.449 e. The van der Waals surface area contributed by atoms with Crippen LogP contribution in [-0.2, 0) is 28.0 Å². The zero-order valence-electron chi connectivity index (χ0n) is 10.5. The number of rotatable bonds is 6. The van der Waals surface area contributed by atoms with Gasteiger partial charge in [0.05, 0.1) is 6.61 Å². The largest absolute Gasteiger partial charge is 0.449 e. The molecule has 0 aliphatic carbocycles. The lowest BCUT2D eigenvalue weighted by atomic mass is 10.1. The van der Waals surface area contributed by atoms with E-state index in [2.05, 4.69) is 9.46 Å². The number of carbonyl (C=O) groups excluding carboxylic acids is 1. The molecule has 0 unspecified atom stereocenters. The summed E-state index contributed by atoms with van der Waals surface area (Å²) in [5.41, 5.74) is 7.16. The van der Waals surface area contributed by atoms with Gasteiger partial charge in [-0.25, -0.2) is 9.52 Å². The molecule has 0 saturated carbocycles. The standard InChI is InChI=1S/C11H17N3O4S/c1-2-18-11(15)14-19(16,17)13-8-10-5-3-9(7-12)4-6-10/h3-6,13H,2,7-8,12H2,1H3,(H,14,15). The van der Waals surface area contributed by atoms with Gasteiger partial charge in [0.2, 0.25) is 0 Å². The fraction of sp³-hybridized carbons (Fsp3) is 0.364. The first-order valence-electron chi connectivity index (χ1n) is 5.69. The van der Waals surface area contributed by atoms with E-state index in [-0.39, 0.29) is 13.2 Å². The minimum atomic E-state index is -3.92. The zero-order valence-corrected chi connectivity index (χ0v) is 11.4. The Morgan fingerprint density at radius 2 is 1.84 bits per heavy atom. The van der Waals surface area contributed by atoms with Crippen LogP contribution in [-0.4, -0.2) is 21.1 Å². The van der Waals surface area contributed by atoms with Crippen LogP contribution < -0.4 is 15.2 Å². The van der Waals surface area contributed by atoms with Crippen molar-refractivity contribution in [2.24, 2.45) is 5.73 Å². The number of nitrogens with two attached hydrogens (primary N) is 1. The summed E-state index contributed by atoms with van der Waals surface area (Å²) >= 11 is 0. The van der Waals surface area contributed by atoms with Gasteiger partial charge in [0.25, 0.3) is 0 Å². The molecule has 1 amide bonds. The highest BCUT2D eigenvalue weighted by atomic mass is 32.2. The number of benzene rings is 1. The molecule has 1 aromatic rings. The summed E-state index contributed by atoms with van der Waals surface area (Å²) in [5.74, 6) is 0. The number of amides is 1. The van der Waals surface area contributed by atoms with Gasteiger partial charge in [-0.1, -0.05) is 24.3 Å². The molecule has 1 aromatic carbocycles. The van der Waals surface area contributed by atoms with E-state index in [1.165, 1.54) is 0 Å². The fourth-order valence-corrected chi connectivity index (χ4v) is 1.99. The third-order valence-corrected chi connectivity index (χ3v) is 3.18. The van der Waals surface area contributed by atoms with Crippen molar-refractivity contribution in [3.05, 3.63) is 35.4 Å². The van der Waals surface area contributed by atoms with Gasteiger partial charge in [0.1, 0.15) is 0 Å². The summed E-state index contributed by atoms with van der Waals surface area (Å²) in [4.78, 5) is 11.0. The molecule has 0 spiro atoms. The van der Waals surface area contributed by atoms with E-state index < -0.39 is 16.3 Å². The first kappa shape index (κ1) is 15.4. The molecular weight excluding hydrogens is 270 g/mol. The van der Waals surface area contributed by atoms with Crippen molar-refractivity contribution >= 4 is 16.3 Å². The highest BCUT2D eigenvalue weighted by molar-refractivity contribution is 7.88. The topological polar surface area (TPSA) is 111 Å². The Kier molecular flexibility index (Phi) is 5.74. The maximum atomic E-state index is 11.5. The van der Waals surface area contributed by atoms with Crippen LogP contribution in [0.1, 0.15) is 18.1 Å². The Balaban J connectivity index is 2.52. The third-order valence-electron chi connectivity index (χ3n) is 2.22. The average molecular weight is 287 g/mol. The molecule has 106 valence electrons. The molecule has 0 bridgehead atoms. The van der Waals surface area contributed by atoms with Crippen molar-refractivity contribution in [1.29, 1.82) is 0 Å². The van der Waals surface area contributed by atoms with E-state index in [9.17, 15) is 13.2 Å². The summed E-state index contributed by atoms with van der Waals surface area (Å²) in [7, 11) is -3.92. The van der Waals surface area contributed by atoms with E-state index in [0.717, 1.165) is 11.1 Å². The van der Waals surface area contributed by atoms with Gasteiger partial charge in [-0.05, 0) is 18.1 Å². The molecular formula is C11H17N3O4S. The van der Waals surface area contributed by atoms with Gasteiger partial charge >= 0.3 is 16.3 Å². The van der Waals surface area contributed by atoms with E-state index in [0.29, 0.717) is 6.54 Å². The Morgan fingerprint density at radius 3 is 2.37 bits per heavy atom. The van der Waals surface area contributed by atoms with Gasteiger partial charge in [-0.3, -0.25) is 0 Å². The molecule has 4 N–H and O–H groups in total. The van der Waals surface area contributed by atoms with Crippen molar-refractivity contribution < 1.29 is 17.9 Å². The number of ether oxygens (including phenoxy) is 1. The number of nitrogens with one attached hydrogen (secondary N) is 2. The van der Waals surface area contributed by atoms with Crippen LogP contribution in [0.4, 0.5) is 4.79 Å². The molecule has 0 fully saturated rings. The summed E-state index contributed by atoms with van der Waals surface area (Å²) in [6, 6.07) is 7.13. The molecule has 0 aliphatic heterocycles. The molecule has 0 radical (unpaired) electrons. The predicted molar refractivity (Wildman–Crippen MR) is 70.3 cm³/mol. The first-order valence-corrected chi connectivity index (χ1v) is 7.17. The number of hydrogen-bond acceptors (Lipinski definition) is 5. The van der Waals surface area contributed by atoms with Crippen molar-refractivity contribution in [3.8, 4) is 0 Å². The summed E-state index contributed by atoms with van der Waals surface area (Å²) in [6.07, 6.45) is -1.01. The van der Waals surface area contributed by atoms with E-state index in [4.69, 9.17) is 5.73 Å². The quantitative estimate of drug-likeness (QED) is 0.693. The molecule has 7 nitrogen and oxygen atoms in total. The predicted octanol–water partition coefficient (Wildman–Crippen LogP) is 0.226. The highest BCUT2D eigenvalue weighted by Gasteiger charge is 2.14. The van der Waals surface area contributed by atoms with Crippen LogP contribution >= 0.6 is 0 Å². The molecule has 0 aliphatic rings. The van der Waals surface area contributed by atoms with Crippen molar-refractivity contribution in [2.45, 2.75) is 20.0 Å². The Bertz CT molecular complexity index is 513. The Labute approximate surface area is 112 Å². The number of carbonyl (C=O) groups is 1. The van der Waals surface area contributed by atoms with Crippen molar-refractivity contribution in [1.82, 2.24) is 9.44 Å². The molecule has 8 heteroatoms. The second-order valence-electron chi connectivity index (χ2n) is 3.67. The zero-order chi connectivity index (χ0) is 14.3. The molecule has 0 heterocycles. The lowest BCUT2D eigenvalue weighted by Gasteiger charge is -2.08. The Morgan fingerprint density at radius 1 is 1.26 bits per heavy atom. The summed E-state index contributed by atoms with van der Waals surface area (Å²) in [6.45, 7) is 2.18. The normalized spacial score (nSPS) is 11.1. The molecule has 0 aromatic heterocycles. The fourth-order valence-electron chi connectivity index (χ4n) is 1.28. The second kappa shape index (κ2) is 7.07. The maximum Gasteiger partial charge on any atom is 0.421 e. The van der Waals surface area contributed by atoms with Gasteiger partial charge < -0.3 is 10.5 Å². The van der Waals surface area contributed by atoms with Crippen LogP contribution in [0.25, 0.3) is 0 Å². The molecule has 1 rings (SSSR count). The van der Waals surface area contributed by atoms with Gasteiger partial charge in [0.15, 0.2) is 0 Å². The first-order chi connectivity index (χ1) is 8.96. The highest BCUT2D eigenvalue weighted by Crippen LogP contribution is 2.03. The van der Waals surface area contributed by atoms with E-state index in [1.807, 2.05) is 12.1 Å². The lowest BCUT2D eigenvalue weighted by molar-refractivity contribution is 0.158. The third kappa shape index (κ3) is 5.69. The van der Waals surface area contributed by atoms with E-state index >= 15 is 0 Å². The van der Waals surface area contributed by atoms with Gasteiger partial charge in [0, 0.05) is 13.1 Å². The van der Waals surface area contributed by atoms with Crippen molar-refractivity contribution in [3.63, 3.8) is 0 Å². The minimum absolute atomic E-state index is 0.0690. The molecule has 19 heavy (non-hydrogen) atoms. The Hall–Kier alpha value is -1.64. The summed E-state index contributed by atoms with van der Waals surface area (Å²) in [5, 5.41) is 0. The smallest absolute Gasteiger partial charge is 0.421 e. The van der Waals surface area contributed by atoms with Gasteiger partial charge in [-0.15, -0.1) is 0 Å². The molecule has 0 saturated heterocycles. The summed E-state index contributed by atoms with van der Waals surface area (Å²) < 4.78 is 31.4. The monoisotopic (exact) mass is 287 g/mol. The van der Waals surface area contributed by atoms with Crippen LogP contribution in [0.5, 0.6) is 0 Å². The number of hydrogen-bond donors (Lipinski definition) is 3. The van der Waals surface area contributed by atoms with Crippen LogP contribution in [0.2, 0.25) is 0 Å². The van der Waals surface area contributed by atoms with Gasteiger partial charge in [-0.2, -0.15) is 13.1 Å². The van der Waals surface area contributed by atoms with E-state index in [1.54, 1.807) is 23.8 Å². The lowest BCUT2D eigenvalue weighted by Crippen LogP contribution is -2.40. The molecule has 0 atom stereocenters. The average Bonchev–Trinajstić information content (AvgIpc) is 2.37. The SMILES string of the molecule is CCOC(=O)NS(=O)(=O)NCc1ccc(CN)cc1. The second-order valence-corrected chi connectivity index (χ2v) is 5.17. The van der Waals surface area contributed by atoms with Crippen LogP contribution in [0.15, 0.2) is 24.3 Å². The van der Waals surface area contributed by atoms with Crippen LogP contribution in [0, 0.1) is 0 Å². The van der Waals surface area contributed by atoms with Crippen LogP contribution in [0.3, 0.4) is 0 Å². The van der Waals surface area contributed by atoms with Crippen molar-refractivity contribution in [2.75, 3.05) is 6.61 Å². The maximum absolute atomic E-state index is 11.5.